The molecule has 3 N–H and O–H groups in total. The molecule has 2 aromatic carbocycles. The number of rotatable bonds is 4. The monoisotopic (exact) mass is 478 g/mol. The molecule has 178 valence electrons. The predicted octanol–water partition coefficient (Wildman–Crippen LogP) is 4.48. The lowest BCUT2D eigenvalue weighted by Crippen LogP contribution is -2.36. The van der Waals surface area contributed by atoms with Gasteiger partial charge in [-0.15, -0.1) is 0 Å². The largest absolute Gasteiger partial charge is 0.484 e. The minimum Gasteiger partial charge on any atom is -0.484 e. The van der Waals surface area contributed by atoms with Crippen LogP contribution in [0.5, 0.6) is 17.2 Å². The van der Waals surface area contributed by atoms with Crippen molar-refractivity contribution in [2.75, 3.05) is 10.6 Å². The van der Waals surface area contributed by atoms with Gasteiger partial charge >= 0.3 is 6.03 Å². The van der Waals surface area contributed by atoms with Gasteiger partial charge in [-0.05, 0) is 49.7 Å². The number of amides is 3. The summed E-state index contributed by atoms with van der Waals surface area (Å²) in [5.41, 5.74) is 1.12. The summed E-state index contributed by atoms with van der Waals surface area (Å²) in [7, 11) is 0. The van der Waals surface area contributed by atoms with Crippen LogP contribution >= 0.6 is 0 Å². The molecule has 1 fully saturated rings. The molecule has 3 aliphatic rings. The van der Waals surface area contributed by atoms with Crippen LogP contribution in [-0.2, 0) is 11.2 Å². The molecule has 3 heterocycles. The Morgan fingerprint density at radius 1 is 1.17 bits per heavy atom. The quantitative estimate of drug-likeness (QED) is 0.514. The van der Waals surface area contributed by atoms with Crippen LogP contribution in [0.2, 0.25) is 0 Å². The second-order valence-electron chi connectivity index (χ2n) is 8.98. The molecule has 2 aliphatic heterocycles. The van der Waals surface area contributed by atoms with Crippen molar-refractivity contribution < 1.29 is 27.8 Å². The van der Waals surface area contributed by atoms with Crippen LogP contribution < -0.4 is 25.4 Å². The Labute approximate surface area is 198 Å². The van der Waals surface area contributed by atoms with Gasteiger partial charge in [0.05, 0.1) is 12.0 Å². The van der Waals surface area contributed by atoms with Crippen molar-refractivity contribution in [2.45, 2.75) is 37.3 Å². The molecule has 6 rings (SSSR count). The summed E-state index contributed by atoms with van der Waals surface area (Å²) in [5, 5.41) is 8.04. The molecule has 8 nitrogen and oxygen atoms in total. The van der Waals surface area contributed by atoms with E-state index >= 15 is 0 Å². The van der Waals surface area contributed by atoms with Gasteiger partial charge in [0.15, 0.2) is 0 Å². The van der Waals surface area contributed by atoms with E-state index in [1.165, 1.54) is 0 Å². The number of fused-ring (bicyclic) bond motifs is 4. The zero-order valence-corrected chi connectivity index (χ0v) is 18.5. The number of hydrogen-bond acceptors (Lipinski definition) is 5. The number of anilines is 2. The van der Waals surface area contributed by atoms with Crippen molar-refractivity contribution in [2.24, 2.45) is 0 Å². The fraction of sp³-hybridized carbons (Fsp3) is 0.240. The number of nitrogens with one attached hydrogen (secondary N) is 3. The summed E-state index contributed by atoms with van der Waals surface area (Å²) in [4.78, 5) is 28.3. The molecule has 1 unspecified atom stereocenters. The third-order valence-corrected chi connectivity index (χ3v) is 6.61. The van der Waals surface area contributed by atoms with E-state index in [4.69, 9.17) is 9.47 Å². The lowest BCUT2D eigenvalue weighted by molar-refractivity contribution is -0.116. The fourth-order valence-corrected chi connectivity index (χ4v) is 4.91. The van der Waals surface area contributed by atoms with Crippen molar-refractivity contribution in [1.29, 1.82) is 0 Å². The van der Waals surface area contributed by atoms with Gasteiger partial charge in [-0.2, -0.15) is 0 Å². The molecule has 1 aromatic heterocycles. The highest BCUT2D eigenvalue weighted by atomic mass is 19.1. The average molecular weight is 478 g/mol. The fourth-order valence-electron chi connectivity index (χ4n) is 4.91. The van der Waals surface area contributed by atoms with Gasteiger partial charge in [-0.3, -0.25) is 4.79 Å². The van der Waals surface area contributed by atoms with Crippen LogP contribution in [0, 0.1) is 11.6 Å². The molecular formula is C25H20F2N4O4. The molecule has 1 saturated carbocycles. The van der Waals surface area contributed by atoms with Crippen LogP contribution in [0.4, 0.5) is 25.1 Å². The van der Waals surface area contributed by atoms with Crippen molar-refractivity contribution in [3.05, 3.63) is 71.4 Å². The first kappa shape index (κ1) is 21.3. The second-order valence-corrected chi connectivity index (χ2v) is 8.98. The number of aromatic nitrogens is 1. The van der Waals surface area contributed by atoms with Gasteiger partial charge in [0, 0.05) is 35.5 Å². The maximum Gasteiger partial charge on any atom is 0.319 e. The Morgan fingerprint density at radius 2 is 1.97 bits per heavy atom. The molecule has 0 saturated heterocycles. The van der Waals surface area contributed by atoms with E-state index in [-0.39, 0.29) is 23.6 Å². The maximum atomic E-state index is 13.4. The van der Waals surface area contributed by atoms with Gasteiger partial charge in [-0.25, -0.2) is 18.6 Å². The van der Waals surface area contributed by atoms with E-state index in [0.29, 0.717) is 35.9 Å². The van der Waals surface area contributed by atoms with Crippen LogP contribution in [0.1, 0.15) is 30.4 Å². The van der Waals surface area contributed by atoms with E-state index in [0.717, 1.165) is 29.3 Å². The minimum atomic E-state index is -0.779. The van der Waals surface area contributed by atoms with Crippen molar-refractivity contribution >= 4 is 23.4 Å². The smallest absolute Gasteiger partial charge is 0.319 e. The first-order valence-corrected chi connectivity index (χ1v) is 11.1. The van der Waals surface area contributed by atoms with Gasteiger partial charge in [-0.1, -0.05) is 0 Å². The Morgan fingerprint density at radius 3 is 2.77 bits per heavy atom. The van der Waals surface area contributed by atoms with Crippen LogP contribution in [0.25, 0.3) is 0 Å². The summed E-state index contributed by atoms with van der Waals surface area (Å²) in [6.45, 7) is 1.90. The second kappa shape index (κ2) is 7.66. The van der Waals surface area contributed by atoms with Crippen LogP contribution in [-0.4, -0.2) is 28.6 Å². The predicted molar refractivity (Wildman–Crippen MR) is 122 cm³/mol. The Kier molecular flexibility index (Phi) is 4.67. The third kappa shape index (κ3) is 3.71. The minimum absolute atomic E-state index is 0.0184. The molecule has 35 heavy (non-hydrogen) atoms. The van der Waals surface area contributed by atoms with Crippen LogP contribution in [0.3, 0.4) is 0 Å². The third-order valence-electron chi connectivity index (χ3n) is 6.61. The highest BCUT2D eigenvalue weighted by Gasteiger charge is 2.70. The van der Waals surface area contributed by atoms with Gasteiger partial charge in [0.2, 0.25) is 5.91 Å². The number of carbonyl (C=O) groups excluding carboxylic acids is 2. The zero-order valence-electron chi connectivity index (χ0n) is 18.5. The molecule has 3 atom stereocenters. The van der Waals surface area contributed by atoms with Crippen molar-refractivity contribution in [1.82, 2.24) is 10.3 Å². The van der Waals surface area contributed by atoms with E-state index in [1.807, 2.05) is 19.1 Å². The Balaban J connectivity index is 1.18. The summed E-state index contributed by atoms with van der Waals surface area (Å²) in [5.74, 6) is 0.676. The highest BCUT2D eigenvalue weighted by molar-refractivity contribution is 5.93. The number of benzene rings is 2. The summed E-state index contributed by atoms with van der Waals surface area (Å²) < 4.78 is 39.1. The molecule has 0 radical (unpaired) electrons. The number of urea groups is 1. The first-order chi connectivity index (χ1) is 16.8. The summed E-state index contributed by atoms with van der Waals surface area (Å²) in [6.07, 6.45) is 2.48. The normalized spacial score (nSPS) is 23.2. The van der Waals surface area contributed by atoms with Crippen LogP contribution in [0.15, 0.2) is 48.7 Å². The first-order valence-electron chi connectivity index (χ1n) is 11.1. The van der Waals surface area contributed by atoms with E-state index in [9.17, 15) is 18.4 Å². The number of ether oxygens (including phenoxy) is 2. The molecule has 3 aromatic rings. The number of carbonyl (C=O) groups is 2. The van der Waals surface area contributed by atoms with Crippen molar-refractivity contribution in [3.63, 3.8) is 0 Å². The molecule has 0 spiro atoms. The van der Waals surface area contributed by atoms with Crippen molar-refractivity contribution in [3.8, 4) is 17.2 Å². The lowest BCUT2D eigenvalue weighted by Gasteiger charge is -2.19. The number of pyridine rings is 1. The molecule has 10 heteroatoms. The SMILES string of the molecule is CC12Oc3ccc(Oc4ccnc5c4CCC(=O)N5)cc3[C@H]1[C@@H]2NC(=O)Nc1cc(F)cc(F)c1. The standard InChI is InChI=1S/C25H20F2N4O4/c1-25-21(22(25)31-24(33)29-14-9-12(26)8-13(27)10-14)17-11-15(2-4-19(17)35-25)34-18-6-7-28-23-16(18)3-5-20(32)30-23/h2,4,6-11,21-22H,3,5H2,1H3,(H,28,30,32)(H2,29,31,33)/t21-,22-,25?/m0/s1. The van der Waals surface area contributed by atoms with Gasteiger partial charge in [0.1, 0.15) is 40.3 Å². The number of hydrogen-bond donors (Lipinski definition) is 3. The number of halogens is 2. The zero-order chi connectivity index (χ0) is 24.3. The summed E-state index contributed by atoms with van der Waals surface area (Å²) in [6, 6.07) is 9.15. The molecule has 0 bridgehead atoms. The van der Waals surface area contributed by atoms with E-state index < -0.39 is 23.3 Å². The van der Waals surface area contributed by atoms with E-state index in [1.54, 1.807) is 18.3 Å². The van der Waals surface area contributed by atoms with Gasteiger partial charge < -0.3 is 25.4 Å². The Hall–Kier alpha value is -4.21. The maximum absolute atomic E-state index is 13.4. The lowest BCUT2D eigenvalue weighted by atomic mass is 10.1. The summed E-state index contributed by atoms with van der Waals surface area (Å²) >= 11 is 0. The van der Waals surface area contributed by atoms with Gasteiger partial charge in [0.25, 0.3) is 0 Å². The molecule has 1 aliphatic carbocycles. The highest BCUT2D eigenvalue weighted by Crippen LogP contribution is 2.62. The number of nitrogens with zero attached hydrogens (tertiary/aromatic N) is 1. The topological polar surface area (TPSA) is 102 Å². The van der Waals surface area contributed by atoms with E-state index in [2.05, 4.69) is 20.9 Å². The molecule has 3 amide bonds. The Bertz CT molecular complexity index is 1380. The molecular weight excluding hydrogens is 458 g/mol. The average Bonchev–Trinajstić information content (AvgIpc) is 3.21.